The van der Waals surface area contributed by atoms with Crippen molar-refractivity contribution in [3.8, 4) is 0 Å². The Morgan fingerprint density at radius 2 is 1.48 bits per heavy atom. The monoisotopic (exact) mass is 310 g/mol. The van der Waals surface area contributed by atoms with Gasteiger partial charge in [0, 0.05) is 22.2 Å². The zero-order valence-electron chi connectivity index (χ0n) is 10.7. The van der Waals surface area contributed by atoms with Crippen molar-refractivity contribution in [2.24, 2.45) is 0 Å². The number of Topliss-reactive ketones (excluding diaryl/α,β-unsaturated/α-hetero) is 1. The van der Waals surface area contributed by atoms with Gasteiger partial charge < -0.3 is 0 Å². The molecule has 0 unspecified atom stereocenters. The molecule has 0 heterocycles. The molecule has 0 aliphatic carbocycles. The molecule has 21 heavy (non-hydrogen) atoms. The molecule has 0 saturated carbocycles. The van der Waals surface area contributed by atoms with E-state index in [1.54, 1.807) is 18.2 Å². The summed E-state index contributed by atoms with van der Waals surface area (Å²) in [5.41, 5.74) is -0.0427. The molecular formula is C16H10ClF3O. The second-order valence-electron chi connectivity index (χ2n) is 4.30. The summed E-state index contributed by atoms with van der Waals surface area (Å²) in [6.07, 6.45) is -4.56. The first kappa shape index (κ1) is 15.3. The van der Waals surface area contributed by atoms with Crippen molar-refractivity contribution in [1.29, 1.82) is 0 Å². The molecule has 0 aromatic heterocycles. The Morgan fingerprint density at radius 3 is 2.00 bits per heavy atom. The van der Waals surface area contributed by atoms with Gasteiger partial charge in [-0.05, 0) is 17.7 Å². The number of hydrogen-bond acceptors (Lipinski definition) is 1. The highest BCUT2D eigenvalue weighted by Crippen LogP contribution is 2.27. The fourth-order valence-electron chi connectivity index (χ4n) is 1.82. The molecule has 0 aliphatic heterocycles. The summed E-state index contributed by atoms with van der Waals surface area (Å²) in [6.45, 7) is 0. The number of halogens is 4. The lowest BCUT2D eigenvalue weighted by atomic mass is 9.96. The quantitative estimate of drug-likeness (QED) is 0.564. The third-order valence-electron chi connectivity index (χ3n) is 2.74. The first-order valence-corrected chi connectivity index (χ1v) is 6.40. The van der Waals surface area contributed by atoms with Crippen LogP contribution in [0.15, 0.2) is 60.7 Å². The van der Waals surface area contributed by atoms with Crippen LogP contribution in [-0.2, 0) is 0 Å². The highest BCUT2D eigenvalue weighted by molar-refractivity contribution is 6.31. The number of rotatable bonds is 3. The van der Waals surface area contributed by atoms with E-state index in [9.17, 15) is 18.0 Å². The SMILES string of the molecule is O=C(C(=CC(F)(F)F)c1ccc(Cl)cc1)c1ccccc1. The maximum atomic E-state index is 12.7. The van der Waals surface area contributed by atoms with Crippen LogP contribution in [0.5, 0.6) is 0 Å². The predicted octanol–water partition coefficient (Wildman–Crippen LogP) is 5.17. The zero-order chi connectivity index (χ0) is 15.5. The van der Waals surface area contributed by atoms with Gasteiger partial charge >= 0.3 is 6.18 Å². The minimum atomic E-state index is -4.58. The topological polar surface area (TPSA) is 17.1 Å². The average Bonchev–Trinajstić information content (AvgIpc) is 2.45. The minimum Gasteiger partial charge on any atom is -0.289 e. The molecule has 0 amide bonds. The van der Waals surface area contributed by atoms with Crippen LogP contribution in [0, 0.1) is 0 Å². The highest BCUT2D eigenvalue weighted by atomic mass is 35.5. The van der Waals surface area contributed by atoms with Crippen LogP contribution in [0.3, 0.4) is 0 Å². The van der Waals surface area contributed by atoms with E-state index in [0.29, 0.717) is 5.02 Å². The first-order valence-electron chi connectivity index (χ1n) is 6.02. The van der Waals surface area contributed by atoms with Crippen LogP contribution < -0.4 is 0 Å². The van der Waals surface area contributed by atoms with Gasteiger partial charge in [0.05, 0.1) is 0 Å². The summed E-state index contributed by atoms with van der Waals surface area (Å²) in [5, 5.41) is 0.386. The lowest BCUT2D eigenvalue weighted by molar-refractivity contribution is -0.0793. The lowest BCUT2D eigenvalue weighted by Gasteiger charge is -2.09. The molecule has 108 valence electrons. The van der Waals surface area contributed by atoms with Gasteiger partial charge in [0.25, 0.3) is 0 Å². The van der Waals surface area contributed by atoms with Gasteiger partial charge in [0.15, 0.2) is 5.78 Å². The lowest BCUT2D eigenvalue weighted by Crippen LogP contribution is -2.09. The number of ketones is 1. The number of allylic oxidation sites excluding steroid dienone is 2. The van der Waals surface area contributed by atoms with E-state index in [1.165, 1.54) is 36.4 Å². The smallest absolute Gasteiger partial charge is 0.289 e. The van der Waals surface area contributed by atoms with E-state index in [0.717, 1.165) is 0 Å². The normalized spacial score (nSPS) is 12.3. The molecule has 2 aromatic rings. The number of hydrogen-bond donors (Lipinski definition) is 0. The molecular weight excluding hydrogens is 301 g/mol. The standard InChI is InChI=1S/C16H10ClF3O/c17-13-8-6-11(7-9-13)14(10-16(18,19)20)15(21)12-4-2-1-3-5-12/h1-10H. The van der Waals surface area contributed by atoms with Crippen LogP contribution in [0.1, 0.15) is 15.9 Å². The zero-order valence-corrected chi connectivity index (χ0v) is 11.4. The molecule has 0 atom stereocenters. The van der Waals surface area contributed by atoms with Gasteiger partial charge in [0.2, 0.25) is 0 Å². The van der Waals surface area contributed by atoms with Crippen molar-refractivity contribution in [1.82, 2.24) is 0 Å². The number of carbonyl (C=O) groups excluding carboxylic acids is 1. The summed E-state index contributed by atoms with van der Waals surface area (Å²) >= 11 is 5.72. The van der Waals surface area contributed by atoms with E-state index in [4.69, 9.17) is 11.6 Å². The van der Waals surface area contributed by atoms with Crippen molar-refractivity contribution in [2.45, 2.75) is 6.18 Å². The Balaban J connectivity index is 2.50. The fourth-order valence-corrected chi connectivity index (χ4v) is 1.94. The van der Waals surface area contributed by atoms with Crippen LogP contribution in [0.4, 0.5) is 13.2 Å². The molecule has 0 saturated heterocycles. The summed E-state index contributed by atoms with van der Waals surface area (Å²) < 4.78 is 38.1. The third kappa shape index (κ3) is 4.20. The Hall–Kier alpha value is -2.07. The van der Waals surface area contributed by atoms with Crippen molar-refractivity contribution in [2.75, 3.05) is 0 Å². The third-order valence-corrected chi connectivity index (χ3v) is 3.00. The maximum Gasteiger partial charge on any atom is 0.410 e. The van der Waals surface area contributed by atoms with E-state index >= 15 is 0 Å². The average molecular weight is 311 g/mol. The van der Waals surface area contributed by atoms with E-state index in [1.807, 2.05) is 0 Å². The van der Waals surface area contributed by atoms with Crippen molar-refractivity contribution in [3.05, 3.63) is 76.8 Å². The molecule has 0 aliphatic rings. The second-order valence-corrected chi connectivity index (χ2v) is 4.74. The van der Waals surface area contributed by atoms with Gasteiger partial charge in [-0.1, -0.05) is 54.1 Å². The minimum absolute atomic E-state index is 0.0194. The number of alkyl halides is 3. The van der Waals surface area contributed by atoms with Crippen molar-refractivity contribution in [3.63, 3.8) is 0 Å². The summed E-state index contributed by atoms with van der Waals surface area (Å²) in [7, 11) is 0. The summed E-state index contributed by atoms with van der Waals surface area (Å²) in [5.74, 6) is -0.685. The van der Waals surface area contributed by atoms with Crippen molar-refractivity contribution >= 4 is 23.0 Å². The summed E-state index contributed by atoms with van der Waals surface area (Å²) in [6, 6.07) is 13.5. The predicted molar refractivity (Wildman–Crippen MR) is 76.3 cm³/mol. The molecule has 2 aromatic carbocycles. The van der Waals surface area contributed by atoms with Gasteiger partial charge in [-0.2, -0.15) is 13.2 Å². The van der Waals surface area contributed by atoms with Crippen LogP contribution in [0.25, 0.3) is 5.57 Å². The van der Waals surface area contributed by atoms with Gasteiger partial charge in [-0.3, -0.25) is 4.79 Å². The molecule has 0 bridgehead atoms. The van der Waals surface area contributed by atoms with E-state index in [-0.39, 0.29) is 17.2 Å². The van der Waals surface area contributed by atoms with Crippen LogP contribution >= 0.6 is 11.6 Å². The maximum absolute atomic E-state index is 12.7. The molecule has 5 heteroatoms. The van der Waals surface area contributed by atoms with Crippen molar-refractivity contribution < 1.29 is 18.0 Å². The number of carbonyl (C=O) groups is 1. The molecule has 1 nitrogen and oxygen atoms in total. The Morgan fingerprint density at radius 1 is 0.905 bits per heavy atom. The second kappa shape index (κ2) is 6.14. The van der Waals surface area contributed by atoms with E-state index < -0.39 is 17.5 Å². The number of benzene rings is 2. The Kier molecular flexibility index (Phi) is 4.48. The first-order chi connectivity index (χ1) is 9.87. The Labute approximate surface area is 124 Å². The van der Waals surface area contributed by atoms with Gasteiger partial charge in [0.1, 0.15) is 0 Å². The molecule has 0 spiro atoms. The van der Waals surface area contributed by atoms with Gasteiger partial charge in [-0.25, -0.2) is 0 Å². The van der Waals surface area contributed by atoms with E-state index in [2.05, 4.69) is 0 Å². The molecule has 0 radical (unpaired) electrons. The largest absolute Gasteiger partial charge is 0.410 e. The van der Waals surface area contributed by atoms with Gasteiger partial charge in [-0.15, -0.1) is 0 Å². The molecule has 0 fully saturated rings. The highest BCUT2D eigenvalue weighted by Gasteiger charge is 2.28. The molecule has 0 N–H and O–H groups in total. The fraction of sp³-hybridized carbons (Fsp3) is 0.0625. The summed E-state index contributed by atoms with van der Waals surface area (Å²) in [4.78, 5) is 12.3. The van der Waals surface area contributed by atoms with Crippen LogP contribution in [0.2, 0.25) is 5.02 Å². The Bertz CT molecular complexity index is 658. The molecule has 2 rings (SSSR count). The van der Waals surface area contributed by atoms with Crippen LogP contribution in [-0.4, -0.2) is 12.0 Å².